The van der Waals surface area contributed by atoms with E-state index in [4.69, 9.17) is 11.6 Å². The third kappa shape index (κ3) is 2.27. The molecule has 8 heteroatoms. The fraction of sp³-hybridized carbons (Fsp3) is 0.312. The zero-order valence-corrected chi connectivity index (χ0v) is 13.3. The minimum Gasteiger partial charge on any atom is -0.465 e. The number of hydrogen-bond acceptors (Lipinski definition) is 4. The number of nitrogens with zero attached hydrogens (tertiary/aromatic N) is 3. The second-order valence-corrected chi connectivity index (χ2v) is 6.53. The average molecular weight is 349 g/mol. The van der Waals surface area contributed by atoms with Gasteiger partial charge in [-0.1, -0.05) is 12.5 Å². The van der Waals surface area contributed by atoms with Gasteiger partial charge in [0.25, 0.3) is 0 Å². The van der Waals surface area contributed by atoms with E-state index in [0.29, 0.717) is 17.9 Å². The van der Waals surface area contributed by atoms with Crippen LogP contribution in [0.1, 0.15) is 24.8 Å². The predicted molar refractivity (Wildman–Crippen MR) is 87.6 cm³/mol. The molecule has 124 valence electrons. The maximum absolute atomic E-state index is 13.8. The third-order valence-corrected chi connectivity index (χ3v) is 5.02. The van der Waals surface area contributed by atoms with Crippen LogP contribution < -0.4 is 10.2 Å². The van der Waals surface area contributed by atoms with Crippen molar-refractivity contribution in [2.45, 2.75) is 24.7 Å². The molecule has 2 aliphatic rings. The summed E-state index contributed by atoms with van der Waals surface area (Å²) in [6.45, 7) is 0.481. The molecule has 1 aliphatic heterocycles. The fourth-order valence-corrected chi connectivity index (χ4v) is 3.66. The van der Waals surface area contributed by atoms with Gasteiger partial charge in [0.1, 0.15) is 0 Å². The second-order valence-electron chi connectivity index (χ2n) is 6.20. The van der Waals surface area contributed by atoms with Gasteiger partial charge in [-0.05, 0) is 42.1 Å². The van der Waals surface area contributed by atoms with Crippen LogP contribution in [0.15, 0.2) is 24.4 Å². The minimum absolute atomic E-state index is 0.0480. The third-order valence-electron chi connectivity index (χ3n) is 4.84. The molecular formula is C16H14ClFN4O2. The lowest BCUT2D eigenvalue weighted by atomic mass is 9.66. The van der Waals surface area contributed by atoms with Crippen LogP contribution in [-0.4, -0.2) is 27.7 Å². The lowest BCUT2D eigenvalue weighted by molar-refractivity contribution is 0.196. The largest absolute Gasteiger partial charge is 0.465 e. The summed E-state index contributed by atoms with van der Waals surface area (Å²) in [5, 5.41) is 12.2. The average Bonchev–Trinajstić information content (AvgIpc) is 2.86. The van der Waals surface area contributed by atoms with Crippen LogP contribution in [0.5, 0.6) is 0 Å². The molecule has 1 spiro atoms. The molecule has 1 aromatic carbocycles. The van der Waals surface area contributed by atoms with E-state index in [9.17, 15) is 14.3 Å². The molecule has 0 saturated heterocycles. The molecule has 1 aromatic heterocycles. The summed E-state index contributed by atoms with van der Waals surface area (Å²) in [5.74, 6) is -0.682. The summed E-state index contributed by atoms with van der Waals surface area (Å²) in [6, 6.07) is 5.44. The van der Waals surface area contributed by atoms with Crippen LogP contribution in [0.2, 0.25) is 5.28 Å². The van der Waals surface area contributed by atoms with E-state index in [0.717, 1.165) is 31.0 Å². The number of carboxylic acid groups (broad SMARTS) is 1. The number of amides is 1. The smallest absolute Gasteiger partial charge is 0.411 e. The van der Waals surface area contributed by atoms with E-state index in [-0.39, 0.29) is 16.5 Å². The molecule has 2 N–H and O–H groups in total. The predicted octanol–water partition coefficient (Wildman–Crippen LogP) is 3.93. The monoisotopic (exact) mass is 348 g/mol. The molecule has 0 unspecified atom stereocenters. The number of anilines is 3. The maximum atomic E-state index is 13.8. The van der Waals surface area contributed by atoms with E-state index < -0.39 is 11.9 Å². The van der Waals surface area contributed by atoms with Gasteiger partial charge in [0, 0.05) is 17.6 Å². The molecule has 1 aliphatic carbocycles. The summed E-state index contributed by atoms with van der Waals surface area (Å²) in [6.07, 6.45) is 3.10. The first-order valence-corrected chi connectivity index (χ1v) is 7.96. The number of halogens is 2. The Kier molecular flexibility index (Phi) is 3.35. The van der Waals surface area contributed by atoms with Crippen molar-refractivity contribution in [2.75, 3.05) is 16.8 Å². The second kappa shape index (κ2) is 5.31. The normalized spacial score (nSPS) is 17.5. The van der Waals surface area contributed by atoms with Gasteiger partial charge in [-0.2, -0.15) is 4.98 Å². The van der Waals surface area contributed by atoms with Gasteiger partial charge >= 0.3 is 6.09 Å². The Hall–Kier alpha value is -2.41. The molecule has 1 amide bonds. The lowest BCUT2D eigenvalue weighted by Crippen LogP contribution is -2.40. The quantitative estimate of drug-likeness (QED) is 0.804. The Labute approximate surface area is 142 Å². The van der Waals surface area contributed by atoms with Crippen LogP contribution >= 0.6 is 11.6 Å². The van der Waals surface area contributed by atoms with Crippen molar-refractivity contribution in [3.05, 3.63) is 41.1 Å². The number of nitrogens with one attached hydrogen (secondary N) is 1. The van der Waals surface area contributed by atoms with Crippen molar-refractivity contribution in [3.63, 3.8) is 0 Å². The zero-order valence-electron chi connectivity index (χ0n) is 12.6. The summed E-state index contributed by atoms with van der Waals surface area (Å²) in [7, 11) is 0. The molecular weight excluding hydrogens is 335 g/mol. The van der Waals surface area contributed by atoms with Gasteiger partial charge in [-0.3, -0.25) is 4.90 Å². The number of aromatic nitrogens is 2. The van der Waals surface area contributed by atoms with Gasteiger partial charge in [0.2, 0.25) is 5.28 Å². The SMILES string of the molecule is O=C(O)N1CC2(CCC2)c2ccc(Nc3nc(Cl)ncc3F)cc21. The standard InChI is InChI=1S/C16H14ClFN4O2/c17-14-19-7-11(18)13(21-14)20-9-2-3-10-12(6-9)22(15(23)24)8-16(10)4-1-5-16/h2-3,6-7H,1,4-5,8H2,(H,23,24)(H,19,20,21). The van der Waals surface area contributed by atoms with Crippen LogP contribution in [-0.2, 0) is 5.41 Å². The van der Waals surface area contributed by atoms with E-state index >= 15 is 0 Å². The molecule has 0 radical (unpaired) electrons. The number of carbonyl (C=O) groups is 1. The van der Waals surface area contributed by atoms with E-state index in [1.54, 1.807) is 12.1 Å². The Morgan fingerprint density at radius 3 is 2.88 bits per heavy atom. The highest BCUT2D eigenvalue weighted by Gasteiger charge is 2.48. The number of benzene rings is 1. The Morgan fingerprint density at radius 1 is 1.42 bits per heavy atom. The fourth-order valence-electron chi connectivity index (χ4n) is 3.53. The molecule has 2 heterocycles. The Bertz CT molecular complexity index is 841. The summed E-state index contributed by atoms with van der Waals surface area (Å²) >= 11 is 5.69. The molecule has 0 atom stereocenters. The van der Waals surface area contributed by atoms with Crippen molar-refractivity contribution in [1.82, 2.24) is 9.97 Å². The molecule has 1 fully saturated rings. The van der Waals surface area contributed by atoms with Crippen LogP contribution in [0.3, 0.4) is 0 Å². The summed E-state index contributed by atoms with van der Waals surface area (Å²) < 4.78 is 13.8. The molecule has 0 bridgehead atoms. The van der Waals surface area contributed by atoms with Crippen molar-refractivity contribution < 1.29 is 14.3 Å². The number of rotatable bonds is 2. The van der Waals surface area contributed by atoms with Crippen LogP contribution in [0.4, 0.5) is 26.4 Å². The molecule has 2 aromatic rings. The van der Waals surface area contributed by atoms with E-state index in [1.807, 2.05) is 6.07 Å². The van der Waals surface area contributed by atoms with Gasteiger partial charge < -0.3 is 10.4 Å². The number of hydrogen-bond donors (Lipinski definition) is 2. The number of fused-ring (bicyclic) bond motifs is 2. The molecule has 1 saturated carbocycles. The highest BCUT2D eigenvalue weighted by Crippen LogP contribution is 2.53. The first kappa shape index (κ1) is 15.1. The molecule has 6 nitrogen and oxygen atoms in total. The molecule has 24 heavy (non-hydrogen) atoms. The van der Waals surface area contributed by atoms with Gasteiger partial charge in [0.05, 0.1) is 11.9 Å². The zero-order chi connectivity index (χ0) is 16.9. The maximum Gasteiger partial charge on any atom is 0.411 e. The summed E-state index contributed by atoms with van der Waals surface area (Å²) in [4.78, 5) is 20.3. The van der Waals surface area contributed by atoms with Crippen molar-refractivity contribution in [3.8, 4) is 0 Å². The van der Waals surface area contributed by atoms with Crippen molar-refractivity contribution in [1.29, 1.82) is 0 Å². The highest BCUT2D eigenvalue weighted by atomic mass is 35.5. The van der Waals surface area contributed by atoms with E-state index in [2.05, 4.69) is 15.3 Å². The van der Waals surface area contributed by atoms with Gasteiger partial charge in [-0.15, -0.1) is 0 Å². The first-order chi connectivity index (χ1) is 11.5. The van der Waals surface area contributed by atoms with Crippen LogP contribution in [0, 0.1) is 5.82 Å². The van der Waals surface area contributed by atoms with E-state index in [1.165, 1.54) is 4.90 Å². The first-order valence-electron chi connectivity index (χ1n) is 7.59. The minimum atomic E-state index is -0.978. The lowest BCUT2D eigenvalue weighted by Gasteiger charge is -2.38. The Balaban J connectivity index is 1.71. The topological polar surface area (TPSA) is 78.4 Å². The van der Waals surface area contributed by atoms with Crippen LogP contribution in [0.25, 0.3) is 0 Å². The highest BCUT2D eigenvalue weighted by molar-refractivity contribution is 6.28. The van der Waals surface area contributed by atoms with Crippen molar-refractivity contribution >= 4 is 34.9 Å². The summed E-state index contributed by atoms with van der Waals surface area (Å²) in [5.41, 5.74) is 2.18. The van der Waals surface area contributed by atoms with Gasteiger partial charge in [-0.25, -0.2) is 14.2 Å². The Morgan fingerprint density at radius 2 is 2.21 bits per heavy atom. The van der Waals surface area contributed by atoms with Gasteiger partial charge in [0.15, 0.2) is 11.6 Å². The molecule has 4 rings (SSSR count). The van der Waals surface area contributed by atoms with Crippen molar-refractivity contribution in [2.24, 2.45) is 0 Å².